The van der Waals surface area contributed by atoms with Crippen molar-refractivity contribution >= 4 is 21.4 Å². The van der Waals surface area contributed by atoms with Crippen molar-refractivity contribution in [1.29, 1.82) is 0 Å². The fourth-order valence-corrected chi connectivity index (χ4v) is 5.42. The lowest BCUT2D eigenvalue weighted by atomic mass is 10.1. The number of sulfonamides is 1. The first-order valence-electron chi connectivity index (χ1n) is 7.55. The van der Waals surface area contributed by atoms with Crippen molar-refractivity contribution in [2.75, 3.05) is 20.1 Å². The van der Waals surface area contributed by atoms with E-state index in [0.29, 0.717) is 17.5 Å². The molecular formula is C14H23N3O2S2. The molecule has 21 heavy (non-hydrogen) atoms. The molecule has 0 bridgehead atoms. The van der Waals surface area contributed by atoms with Crippen LogP contribution in [0, 0.1) is 0 Å². The zero-order chi connectivity index (χ0) is 14.9. The molecule has 0 radical (unpaired) electrons. The van der Waals surface area contributed by atoms with E-state index < -0.39 is 10.0 Å². The van der Waals surface area contributed by atoms with Gasteiger partial charge in [0, 0.05) is 30.1 Å². The van der Waals surface area contributed by atoms with Gasteiger partial charge in [-0.1, -0.05) is 0 Å². The van der Waals surface area contributed by atoms with Gasteiger partial charge in [0.1, 0.15) is 0 Å². The Bertz CT molecular complexity index is 581. The average Bonchev–Trinajstić information content (AvgIpc) is 3.12. The Balaban J connectivity index is 1.67. The van der Waals surface area contributed by atoms with Crippen molar-refractivity contribution in [3.63, 3.8) is 0 Å². The summed E-state index contributed by atoms with van der Waals surface area (Å²) in [7, 11) is -1.37. The summed E-state index contributed by atoms with van der Waals surface area (Å²) in [4.78, 5) is 3.55. The van der Waals surface area contributed by atoms with Gasteiger partial charge in [-0.05, 0) is 50.7 Å². The topological polar surface area (TPSA) is 61.4 Å². The predicted octanol–water partition coefficient (Wildman–Crippen LogP) is 1.37. The van der Waals surface area contributed by atoms with Crippen LogP contribution in [-0.2, 0) is 16.6 Å². The third kappa shape index (κ3) is 4.04. The molecule has 1 saturated heterocycles. The van der Waals surface area contributed by atoms with Crippen LogP contribution in [0.4, 0.5) is 0 Å². The quantitative estimate of drug-likeness (QED) is 0.828. The summed E-state index contributed by atoms with van der Waals surface area (Å²) in [6.07, 6.45) is 4.38. The molecule has 0 aromatic carbocycles. The smallest absolute Gasteiger partial charge is 0.242 e. The molecule has 2 N–H and O–H groups in total. The van der Waals surface area contributed by atoms with Gasteiger partial charge < -0.3 is 10.2 Å². The van der Waals surface area contributed by atoms with Crippen molar-refractivity contribution in [2.45, 2.75) is 49.2 Å². The van der Waals surface area contributed by atoms with Gasteiger partial charge in [0.05, 0.1) is 4.90 Å². The van der Waals surface area contributed by atoms with E-state index >= 15 is 0 Å². The predicted molar refractivity (Wildman–Crippen MR) is 85.0 cm³/mol. The van der Waals surface area contributed by atoms with E-state index in [4.69, 9.17) is 0 Å². The van der Waals surface area contributed by atoms with Crippen LogP contribution in [0.25, 0.3) is 0 Å². The molecule has 3 rings (SSSR count). The molecule has 2 aliphatic rings. The Kier molecular flexibility index (Phi) is 4.66. The van der Waals surface area contributed by atoms with Crippen LogP contribution in [0.2, 0.25) is 0 Å². The Hall–Kier alpha value is -0.470. The number of hydrogen-bond acceptors (Lipinski definition) is 5. The molecule has 1 unspecified atom stereocenters. The summed E-state index contributed by atoms with van der Waals surface area (Å²) in [6, 6.07) is 2.34. The van der Waals surface area contributed by atoms with Gasteiger partial charge in [0.15, 0.2) is 0 Å². The molecule has 1 aromatic heterocycles. The number of likely N-dealkylation sites (tertiary alicyclic amines) is 1. The largest absolute Gasteiger partial charge is 0.309 e. The van der Waals surface area contributed by atoms with E-state index in [0.717, 1.165) is 30.8 Å². The molecule has 7 heteroatoms. The number of piperidine rings is 1. The molecule has 1 atom stereocenters. The molecule has 1 aromatic rings. The maximum atomic E-state index is 12.6. The summed E-state index contributed by atoms with van der Waals surface area (Å²) >= 11 is 1.52. The van der Waals surface area contributed by atoms with E-state index in [-0.39, 0.29) is 6.04 Å². The van der Waals surface area contributed by atoms with Crippen LogP contribution < -0.4 is 10.0 Å². The first-order valence-corrected chi connectivity index (χ1v) is 9.91. The Morgan fingerprint density at radius 3 is 2.86 bits per heavy atom. The average molecular weight is 329 g/mol. The van der Waals surface area contributed by atoms with E-state index in [1.54, 1.807) is 6.07 Å². The molecular weight excluding hydrogens is 306 g/mol. The highest BCUT2D eigenvalue weighted by Crippen LogP contribution is 2.25. The van der Waals surface area contributed by atoms with Gasteiger partial charge in [0.25, 0.3) is 0 Å². The fourth-order valence-electron chi connectivity index (χ4n) is 2.77. The van der Waals surface area contributed by atoms with Crippen LogP contribution >= 0.6 is 11.3 Å². The zero-order valence-electron chi connectivity index (χ0n) is 12.3. The summed E-state index contributed by atoms with van der Waals surface area (Å²) < 4.78 is 28.1. The van der Waals surface area contributed by atoms with Crippen molar-refractivity contribution in [1.82, 2.24) is 14.9 Å². The highest BCUT2D eigenvalue weighted by Gasteiger charge is 2.27. The highest BCUT2D eigenvalue weighted by molar-refractivity contribution is 7.89. The number of likely N-dealkylation sites (N-methyl/N-ethyl adjacent to an activating group) is 1. The standard InChI is InChI=1S/C14H23N3O2S2/c1-17-7-2-3-12(10-17)16-21(18,19)14-6-8-20-13(14)9-15-11-4-5-11/h6,8,11-12,15-16H,2-5,7,9-10H2,1H3. The lowest BCUT2D eigenvalue weighted by Crippen LogP contribution is -2.46. The first-order chi connectivity index (χ1) is 10.0. The van der Waals surface area contributed by atoms with Gasteiger partial charge >= 0.3 is 0 Å². The lowest BCUT2D eigenvalue weighted by Gasteiger charge is -2.30. The van der Waals surface area contributed by atoms with E-state index in [9.17, 15) is 8.42 Å². The molecule has 2 heterocycles. The zero-order valence-corrected chi connectivity index (χ0v) is 14.0. The third-order valence-corrected chi connectivity index (χ3v) is 6.72. The molecule has 1 aliphatic heterocycles. The SMILES string of the molecule is CN1CCCC(NS(=O)(=O)c2ccsc2CNC2CC2)C1. The molecule has 0 amide bonds. The Morgan fingerprint density at radius 1 is 1.33 bits per heavy atom. The van der Waals surface area contributed by atoms with Crippen molar-refractivity contribution in [3.05, 3.63) is 16.3 Å². The summed E-state index contributed by atoms with van der Waals surface area (Å²) in [5.41, 5.74) is 0. The minimum Gasteiger partial charge on any atom is -0.309 e. The van der Waals surface area contributed by atoms with Gasteiger partial charge in [-0.3, -0.25) is 0 Å². The maximum Gasteiger partial charge on any atom is 0.242 e. The fraction of sp³-hybridized carbons (Fsp3) is 0.714. The van der Waals surface area contributed by atoms with Gasteiger partial charge in [-0.2, -0.15) is 0 Å². The maximum absolute atomic E-state index is 12.6. The molecule has 1 aliphatic carbocycles. The number of nitrogens with one attached hydrogen (secondary N) is 2. The number of rotatable bonds is 6. The monoisotopic (exact) mass is 329 g/mol. The van der Waals surface area contributed by atoms with E-state index in [2.05, 4.69) is 14.9 Å². The normalized spacial score (nSPS) is 24.3. The number of thiophene rings is 1. The van der Waals surface area contributed by atoms with Crippen LogP contribution in [0.3, 0.4) is 0 Å². The highest BCUT2D eigenvalue weighted by atomic mass is 32.2. The second-order valence-corrected chi connectivity index (χ2v) is 8.77. The lowest BCUT2D eigenvalue weighted by molar-refractivity contribution is 0.242. The second kappa shape index (κ2) is 6.34. The molecule has 2 fully saturated rings. The van der Waals surface area contributed by atoms with Crippen LogP contribution in [-0.4, -0.2) is 45.5 Å². The number of hydrogen-bond donors (Lipinski definition) is 2. The second-order valence-electron chi connectivity index (χ2n) is 6.09. The molecule has 118 valence electrons. The van der Waals surface area contributed by atoms with Crippen molar-refractivity contribution in [2.24, 2.45) is 0 Å². The molecule has 5 nitrogen and oxygen atoms in total. The third-order valence-electron chi connectivity index (χ3n) is 4.07. The Morgan fingerprint density at radius 2 is 2.14 bits per heavy atom. The molecule has 0 spiro atoms. The van der Waals surface area contributed by atoms with Crippen LogP contribution in [0.5, 0.6) is 0 Å². The minimum atomic E-state index is -3.40. The van der Waals surface area contributed by atoms with Gasteiger partial charge in [-0.15, -0.1) is 11.3 Å². The van der Waals surface area contributed by atoms with E-state index in [1.807, 2.05) is 12.4 Å². The van der Waals surface area contributed by atoms with Crippen LogP contribution in [0.1, 0.15) is 30.6 Å². The molecule has 1 saturated carbocycles. The first kappa shape index (κ1) is 15.4. The Labute approximate surface area is 130 Å². The van der Waals surface area contributed by atoms with Crippen LogP contribution in [0.15, 0.2) is 16.3 Å². The summed E-state index contributed by atoms with van der Waals surface area (Å²) in [6.45, 7) is 2.50. The minimum absolute atomic E-state index is 0.0258. The summed E-state index contributed by atoms with van der Waals surface area (Å²) in [5, 5.41) is 5.26. The summed E-state index contributed by atoms with van der Waals surface area (Å²) in [5.74, 6) is 0. The van der Waals surface area contributed by atoms with Gasteiger partial charge in [-0.25, -0.2) is 13.1 Å². The van der Waals surface area contributed by atoms with Crippen molar-refractivity contribution in [3.8, 4) is 0 Å². The van der Waals surface area contributed by atoms with E-state index in [1.165, 1.54) is 24.2 Å². The van der Waals surface area contributed by atoms with Crippen molar-refractivity contribution < 1.29 is 8.42 Å². The number of nitrogens with zero attached hydrogens (tertiary/aromatic N) is 1. The van der Waals surface area contributed by atoms with Gasteiger partial charge in [0.2, 0.25) is 10.0 Å².